The molecule has 0 fully saturated rings. The molecular weight excluding hydrogens is 516 g/mol. The van der Waals surface area contributed by atoms with E-state index in [2.05, 4.69) is 0 Å². The Labute approximate surface area is 228 Å². The summed E-state index contributed by atoms with van der Waals surface area (Å²) in [6.07, 6.45) is 3.89. The van der Waals surface area contributed by atoms with E-state index in [1.54, 1.807) is 30.4 Å². The molecule has 0 aliphatic carbocycles. The Morgan fingerprint density at radius 3 is 2.53 bits per heavy atom. The van der Waals surface area contributed by atoms with Crippen LogP contribution in [0.4, 0.5) is 0 Å². The van der Waals surface area contributed by atoms with Crippen LogP contribution in [0.5, 0.6) is 5.75 Å². The Hall–Kier alpha value is -3.88. The lowest BCUT2D eigenvalue weighted by Gasteiger charge is -2.26. The lowest BCUT2D eigenvalue weighted by Crippen LogP contribution is -2.40. The quantitative estimate of drug-likeness (QED) is 0.251. The number of hydrogen-bond donors (Lipinski definition) is 0. The first-order valence-electron chi connectivity index (χ1n) is 12.1. The largest absolute Gasteiger partial charge is 0.497 e. The van der Waals surface area contributed by atoms with Crippen molar-refractivity contribution in [2.45, 2.75) is 17.9 Å². The summed E-state index contributed by atoms with van der Waals surface area (Å²) in [5.74, 6) is 0.116. The van der Waals surface area contributed by atoms with Crippen molar-refractivity contribution in [3.05, 3.63) is 121 Å². The summed E-state index contributed by atoms with van der Waals surface area (Å²) in [5, 5.41) is 0. The predicted octanol–water partition coefficient (Wildman–Crippen LogP) is 4.67. The Balaban J connectivity index is 1.81. The van der Waals surface area contributed by atoms with Gasteiger partial charge in [-0.15, -0.1) is 11.8 Å². The van der Waals surface area contributed by atoms with Crippen LogP contribution in [0.3, 0.4) is 0 Å². The molecule has 6 nitrogen and oxygen atoms in total. The Kier molecular flexibility index (Phi) is 7.62. The van der Waals surface area contributed by atoms with Gasteiger partial charge in [-0.05, 0) is 54.6 Å². The number of benzene rings is 3. The molecule has 38 heavy (non-hydrogen) atoms. The third-order valence-electron chi connectivity index (χ3n) is 6.20. The topological polar surface area (TPSA) is 69.9 Å². The van der Waals surface area contributed by atoms with Crippen LogP contribution in [0.15, 0.2) is 99.1 Å². The van der Waals surface area contributed by atoms with Crippen LogP contribution < -0.4 is 19.6 Å². The first-order chi connectivity index (χ1) is 18.5. The highest BCUT2D eigenvalue weighted by molar-refractivity contribution is 7.98. The average molecular weight is 543 g/mol. The summed E-state index contributed by atoms with van der Waals surface area (Å²) in [6, 6.07) is 24.2. The number of methoxy groups -OCH3 is 1. The molecule has 192 valence electrons. The number of ether oxygens (including phenoxy) is 2. The number of esters is 1. The van der Waals surface area contributed by atoms with Crippen molar-refractivity contribution in [3.8, 4) is 5.75 Å². The minimum absolute atomic E-state index is 0.200. The molecule has 3 aromatic carbocycles. The van der Waals surface area contributed by atoms with Crippen molar-refractivity contribution in [2.24, 2.45) is 4.99 Å². The fourth-order valence-corrected chi connectivity index (χ4v) is 5.83. The maximum Gasteiger partial charge on any atom is 0.338 e. The van der Waals surface area contributed by atoms with E-state index in [9.17, 15) is 9.59 Å². The van der Waals surface area contributed by atoms with Crippen LogP contribution >= 0.6 is 23.1 Å². The van der Waals surface area contributed by atoms with Gasteiger partial charge in [-0.3, -0.25) is 9.36 Å². The molecule has 0 radical (unpaired) electrons. The van der Waals surface area contributed by atoms with Crippen molar-refractivity contribution in [1.82, 2.24) is 4.57 Å². The van der Waals surface area contributed by atoms with Crippen molar-refractivity contribution in [2.75, 3.05) is 20.0 Å². The molecule has 0 saturated carbocycles. The van der Waals surface area contributed by atoms with Crippen molar-refractivity contribution < 1.29 is 14.3 Å². The molecule has 1 atom stereocenters. The Morgan fingerprint density at radius 1 is 1.08 bits per heavy atom. The zero-order valence-corrected chi connectivity index (χ0v) is 22.8. The molecule has 8 heteroatoms. The van der Waals surface area contributed by atoms with E-state index in [1.807, 2.05) is 91.2 Å². The molecular formula is C30H26N2O4S2. The van der Waals surface area contributed by atoms with E-state index in [0.29, 0.717) is 26.4 Å². The second-order valence-electron chi connectivity index (χ2n) is 8.48. The number of thioether (sulfide) groups is 1. The molecule has 1 aromatic heterocycles. The highest BCUT2D eigenvalue weighted by atomic mass is 32.2. The molecule has 0 unspecified atom stereocenters. The third kappa shape index (κ3) is 4.97. The minimum atomic E-state index is -0.739. The fourth-order valence-electron chi connectivity index (χ4n) is 4.42. The second kappa shape index (κ2) is 11.2. The van der Waals surface area contributed by atoms with E-state index in [4.69, 9.17) is 14.5 Å². The summed E-state index contributed by atoms with van der Waals surface area (Å²) in [7, 11) is 1.59. The molecule has 0 bridgehead atoms. The molecule has 1 aliphatic heterocycles. The van der Waals surface area contributed by atoms with Crippen LogP contribution in [0, 0.1) is 0 Å². The van der Waals surface area contributed by atoms with E-state index in [1.165, 1.54) is 11.3 Å². The number of rotatable bonds is 7. The SMILES string of the molecule is CCOC(=O)C1=C(c2ccccc2)N=c2s/c(=C\c3ccc(SC)cc3)c(=O)n2[C@H]1c1cccc(OC)c1. The molecule has 0 saturated heterocycles. The van der Waals surface area contributed by atoms with Crippen LogP contribution in [0.1, 0.15) is 29.7 Å². The van der Waals surface area contributed by atoms with Gasteiger partial charge < -0.3 is 9.47 Å². The zero-order chi connectivity index (χ0) is 26.6. The molecule has 5 rings (SSSR count). The van der Waals surface area contributed by atoms with E-state index >= 15 is 0 Å². The smallest absolute Gasteiger partial charge is 0.338 e. The monoisotopic (exact) mass is 542 g/mol. The highest BCUT2D eigenvalue weighted by Crippen LogP contribution is 2.36. The first-order valence-corrected chi connectivity index (χ1v) is 14.1. The molecule has 1 aliphatic rings. The molecule has 0 spiro atoms. The van der Waals surface area contributed by atoms with E-state index in [-0.39, 0.29) is 12.2 Å². The first kappa shape index (κ1) is 25.8. The average Bonchev–Trinajstić information content (AvgIpc) is 3.27. The normalized spacial score (nSPS) is 15.1. The van der Waals surface area contributed by atoms with Gasteiger partial charge in [0.15, 0.2) is 4.80 Å². The summed E-state index contributed by atoms with van der Waals surface area (Å²) in [4.78, 5) is 34.0. The van der Waals surface area contributed by atoms with Gasteiger partial charge >= 0.3 is 5.97 Å². The Bertz CT molecular complexity index is 1690. The van der Waals surface area contributed by atoms with Crippen LogP contribution in [-0.4, -0.2) is 30.5 Å². The predicted molar refractivity (Wildman–Crippen MR) is 152 cm³/mol. The van der Waals surface area contributed by atoms with Gasteiger partial charge in [0, 0.05) is 10.5 Å². The number of fused-ring (bicyclic) bond motifs is 1. The van der Waals surface area contributed by atoms with E-state index in [0.717, 1.165) is 21.6 Å². The lowest BCUT2D eigenvalue weighted by atomic mass is 9.93. The van der Waals surface area contributed by atoms with Crippen molar-refractivity contribution in [3.63, 3.8) is 0 Å². The van der Waals surface area contributed by atoms with E-state index < -0.39 is 12.0 Å². The molecule has 0 N–H and O–H groups in total. The maximum absolute atomic E-state index is 13.9. The molecule has 2 heterocycles. The van der Waals surface area contributed by atoms with Gasteiger partial charge in [0.1, 0.15) is 5.75 Å². The number of hydrogen-bond acceptors (Lipinski definition) is 7. The van der Waals surface area contributed by atoms with Gasteiger partial charge in [-0.25, -0.2) is 9.79 Å². The summed E-state index contributed by atoms with van der Waals surface area (Å²) >= 11 is 2.97. The summed E-state index contributed by atoms with van der Waals surface area (Å²) in [6.45, 7) is 1.96. The van der Waals surface area contributed by atoms with Crippen LogP contribution in [0.2, 0.25) is 0 Å². The number of thiazole rings is 1. The van der Waals surface area contributed by atoms with Crippen molar-refractivity contribution in [1.29, 1.82) is 0 Å². The Morgan fingerprint density at radius 2 is 1.84 bits per heavy atom. The number of carbonyl (C=O) groups excluding carboxylic acids is 1. The van der Waals surface area contributed by atoms with Crippen molar-refractivity contribution >= 4 is 40.8 Å². The van der Waals surface area contributed by atoms with Gasteiger partial charge in [0.25, 0.3) is 5.56 Å². The highest BCUT2D eigenvalue weighted by Gasteiger charge is 2.35. The van der Waals surface area contributed by atoms with Gasteiger partial charge in [-0.1, -0.05) is 65.9 Å². The van der Waals surface area contributed by atoms with Gasteiger partial charge in [0.2, 0.25) is 0 Å². The molecule has 4 aromatic rings. The standard InChI is InChI=1S/C30H26N2O4S2/c1-4-36-29(34)25-26(20-9-6-5-7-10-20)31-30-32(27(25)21-11-8-12-22(18-21)35-2)28(33)24(38-30)17-19-13-15-23(37-3)16-14-19/h5-18,27H,4H2,1-3H3/b24-17-/t27-/m0/s1. The third-order valence-corrected chi connectivity index (χ3v) is 7.92. The summed E-state index contributed by atoms with van der Waals surface area (Å²) in [5.41, 5.74) is 3.01. The minimum Gasteiger partial charge on any atom is -0.497 e. The van der Waals surface area contributed by atoms with Gasteiger partial charge in [-0.2, -0.15) is 0 Å². The number of aromatic nitrogens is 1. The second-order valence-corrected chi connectivity index (χ2v) is 10.4. The summed E-state index contributed by atoms with van der Waals surface area (Å²) < 4.78 is 13.1. The maximum atomic E-state index is 13.9. The lowest BCUT2D eigenvalue weighted by molar-refractivity contribution is -0.138. The zero-order valence-electron chi connectivity index (χ0n) is 21.2. The van der Waals surface area contributed by atoms with Crippen LogP contribution in [0.25, 0.3) is 11.8 Å². The molecule has 0 amide bonds. The van der Waals surface area contributed by atoms with Crippen LogP contribution in [-0.2, 0) is 9.53 Å². The number of carbonyl (C=O) groups is 1. The van der Waals surface area contributed by atoms with Gasteiger partial charge in [0.05, 0.1) is 35.6 Å². The fraction of sp³-hybridized carbons (Fsp3) is 0.167. The number of nitrogens with zero attached hydrogens (tertiary/aromatic N) is 2.